The Bertz CT molecular complexity index is 463. The standard InChI is InChI=1S/C15H24N2O2/c1-4-5-6-10-15(2,3)11-16-14(19)12-8-7-9-13(18)17-12/h7-9H,4-6,10-11H2,1-3H3,(H,16,19)(H,17,18). The van der Waals surface area contributed by atoms with Crippen molar-refractivity contribution in [2.24, 2.45) is 5.41 Å². The number of unbranched alkanes of at least 4 members (excludes halogenated alkanes) is 2. The lowest BCUT2D eigenvalue weighted by Crippen LogP contribution is -2.35. The molecule has 0 aliphatic heterocycles. The van der Waals surface area contributed by atoms with Gasteiger partial charge in [-0.05, 0) is 17.9 Å². The topological polar surface area (TPSA) is 62.0 Å². The number of nitrogens with one attached hydrogen (secondary N) is 2. The van der Waals surface area contributed by atoms with Gasteiger partial charge in [0.2, 0.25) is 5.56 Å². The summed E-state index contributed by atoms with van der Waals surface area (Å²) >= 11 is 0. The van der Waals surface area contributed by atoms with Crippen LogP contribution >= 0.6 is 0 Å². The predicted octanol–water partition coefficient (Wildman–Crippen LogP) is 2.71. The van der Waals surface area contributed by atoms with Gasteiger partial charge in [0, 0.05) is 12.6 Å². The molecule has 19 heavy (non-hydrogen) atoms. The van der Waals surface area contributed by atoms with E-state index in [1.807, 2.05) is 0 Å². The number of rotatable bonds is 7. The minimum absolute atomic E-state index is 0.0832. The van der Waals surface area contributed by atoms with Gasteiger partial charge in [-0.15, -0.1) is 0 Å². The van der Waals surface area contributed by atoms with Crippen LogP contribution < -0.4 is 10.9 Å². The molecule has 2 N–H and O–H groups in total. The Morgan fingerprint density at radius 3 is 2.68 bits per heavy atom. The highest BCUT2D eigenvalue weighted by Gasteiger charge is 2.18. The van der Waals surface area contributed by atoms with Crippen LogP contribution in [0.3, 0.4) is 0 Å². The van der Waals surface area contributed by atoms with Gasteiger partial charge >= 0.3 is 0 Å². The Hall–Kier alpha value is -1.58. The molecule has 0 aliphatic rings. The van der Waals surface area contributed by atoms with Gasteiger partial charge in [0.1, 0.15) is 5.69 Å². The summed E-state index contributed by atoms with van der Waals surface area (Å²) in [5.74, 6) is -0.221. The second kappa shape index (κ2) is 7.12. The van der Waals surface area contributed by atoms with E-state index in [1.165, 1.54) is 25.3 Å². The van der Waals surface area contributed by atoms with E-state index in [1.54, 1.807) is 12.1 Å². The van der Waals surface area contributed by atoms with Gasteiger partial charge in [-0.3, -0.25) is 9.59 Å². The van der Waals surface area contributed by atoms with Crippen LogP contribution in [0.2, 0.25) is 0 Å². The summed E-state index contributed by atoms with van der Waals surface area (Å²) < 4.78 is 0. The van der Waals surface area contributed by atoms with Crippen LogP contribution in [0.4, 0.5) is 0 Å². The minimum Gasteiger partial charge on any atom is -0.350 e. The van der Waals surface area contributed by atoms with Gasteiger partial charge in [0.05, 0.1) is 0 Å². The third-order valence-electron chi connectivity index (χ3n) is 3.20. The van der Waals surface area contributed by atoms with Gasteiger partial charge < -0.3 is 10.3 Å². The highest BCUT2D eigenvalue weighted by atomic mass is 16.2. The van der Waals surface area contributed by atoms with E-state index < -0.39 is 0 Å². The summed E-state index contributed by atoms with van der Waals surface area (Å²) in [5, 5.41) is 2.88. The monoisotopic (exact) mass is 264 g/mol. The summed E-state index contributed by atoms with van der Waals surface area (Å²) in [6.45, 7) is 7.10. The molecular weight excluding hydrogens is 240 g/mol. The van der Waals surface area contributed by atoms with Crippen molar-refractivity contribution in [2.75, 3.05) is 6.54 Å². The molecule has 0 saturated heterocycles. The van der Waals surface area contributed by atoms with Crippen molar-refractivity contribution in [3.63, 3.8) is 0 Å². The van der Waals surface area contributed by atoms with E-state index in [9.17, 15) is 9.59 Å². The van der Waals surface area contributed by atoms with E-state index >= 15 is 0 Å². The number of carbonyl (C=O) groups is 1. The first-order valence-corrected chi connectivity index (χ1v) is 6.92. The van der Waals surface area contributed by atoms with Crippen molar-refractivity contribution in [3.8, 4) is 0 Å². The number of pyridine rings is 1. The Morgan fingerprint density at radius 1 is 1.32 bits per heavy atom. The number of hydrogen-bond acceptors (Lipinski definition) is 2. The molecule has 0 bridgehead atoms. The molecule has 0 unspecified atom stereocenters. The van der Waals surface area contributed by atoms with Crippen molar-refractivity contribution in [3.05, 3.63) is 34.2 Å². The molecule has 0 spiro atoms. The molecule has 106 valence electrons. The van der Waals surface area contributed by atoms with Crippen LogP contribution in [0.15, 0.2) is 23.0 Å². The zero-order valence-corrected chi connectivity index (χ0v) is 12.1. The van der Waals surface area contributed by atoms with Gasteiger partial charge in [0.15, 0.2) is 0 Å². The number of carbonyl (C=O) groups excluding carboxylic acids is 1. The molecule has 1 aromatic rings. The van der Waals surface area contributed by atoms with Crippen molar-refractivity contribution >= 4 is 5.91 Å². The van der Waals surface area contributed by atoms with E-state index in [0.29, 0.717) is 12.2 Å². The molecule has 1 heterocycles. The van der Waals surface area contributed by atoms with Gasteiger partial charge in [0.25, 0.3) is 5.91 Å². The number of hydrogen-bond donors (Lipinski definition) is 2. The molecule has 0 aromatic carbocycles. The highest BCUT2D eigenvalue weighted by molar-refractivity contribution is 5.92. The average molecular weight is 264 g/mol. The maximum Gasteiger partial charge on any atom is 0.267 e. The first kappa shape index (κ1) is 15.5. The second-order valence-electron chi connectivity index (χ2n) is 5.73. The summed E-state index contributed by atoms with van der Waals surface area (Å²) in [5.41, 5.74) is 0.145. The first-order valence-electron chi connectivity index (χ1n) is 6.92. The van der Waals surface area contributed by atoms with Gasteiger partial charge in [-0.2, -0.15) is 0 Å². The number of H-pyrrole nitrogens is 1. The van der Waals surface area contributed by atoms with Crippen molar-refractivity contribution in [2.45, 2.75) is 46.5 Å². The number of amides is 1. The fraction of sp³-hybridized carbons (Fsp3) is 0.600. The Kier molecular flexibility index (Phi) is 5.80. The first-order chi connectivity index (χ1) is 8.94. The maximum atomic E-state index is 11.9. The van der Waals surface area contributed by atoms with Crippen LogP contribution in [0.1, 0.15) is 56.9 Å². The predicted molar refractivity (Wildman–Crippen MR) is 77.3 cm³/mol. The molecule has 0 radical (unpaired) electrons. The van der Waals surface area contributed by atoms with E-state index in [0.717, 1.165) is 6.42 Å². The van der Waals surface area contributed by atoms with E-state index in [2.05, 4.69) is 31.1 Å². The fourth-order valence-corrected chi connectivity index (χ4v) is 1.94. The Balaban J connectivity index is 2.47. The lowest BCUT2D eigenvalue weighted by atomic mass is 9.87. The summed E-state index contributed by atoms with van der Waals surface area (Å²) in [4.78, 5) is 25.6. The number of aromatic nitrogens is 1. The smallest absolute Gasteiger partial charge is 0.267 e. The molecule has 0 fully saturated rings. The molecule has 0 aliphatic carbocycles. The quantitative estimate of drug-likeness (QED) is 0.744. The largest absolute Gasteiger partial charge is 0.350 e. The van der Waals surface area contributed by atoms with Crippen LogP contribution in [0.25, 0.3) is 0 Å². The molecule has 0 atom stereocenters. The molecule has 4 heteroatoms. The van der Waals surface area contributed by atoms with E-state index in [-0.39, 0.29) is 16.9 Å². The van der Waals surface area contributed by atoms with Crippen molar-refractivity contribution in [1.82, 2.24) is 10.3 Å². The zero-order chi connectivity index (χ0) is 14.3. The number of aromatic amines is 1. The molecule has 0 saturated carbocycles. The third-order valence-corrected chi connectivity index (χ3v) is 3.20. The van der Waals surface area contributed by atoms with Crippen LogP contribution in [-0.2, 0) is 0 Å². The molecule has 1 aromatic heterocycles. The molecule has 4 nitrogen and oxygen atoms in total. The SMILES string of the molecule is CCCCCC(C)(C)CNC(=O)c1cccc(=O)[nH]1. The zero-order valence-electron chi connectivity index (χ0n) is 12.1. The third kappa shape index (κ3) is 5.73. The average Bonchev–Trinajstić information content (AvgIpc) is 2.36. The second-order valence-corrected chi connectivity index (χ2v) is 5.73. The summed E-state index contributed by atoms with van der Waals surface area (Å²) in [7, 11) is 0. The molecule has 1 amide bonds. The van der Waals surface area contributed by atoms with Crippen LogP contribution in [0, 0.1) is 5.41 Å². The van der Waals surface area contributed by atoms with Crippen LogP contribution in [-0.4, -0.2) is 17.4 Å². The summed E-state index contributed by atoms with van der Waals surface area (Å²) in [6, 6.07) is 4.59. The Morgan fingerprint density at radius 2 is 2.05 bits per heavy atom. The summed E-state index contributed by atoms with van der Waals surface area (Å²) in [6.07, 6.45) is 4.70. The van der Waals surface area contributed by atoms with E-state index in [4.69, 9.17) is 0 Å². The maximum absolute atomic E-state index is 11.9. The van der Waals surface area contributed by atoms with Gasteiger partial charge in [-0.1, -0.05) is 46.1 Å². The lowest BCUT2D eigenvalue weighted by Gasteiger charge is -2.24. The fourth-order valence-electron chi connectivity index (χ4n) is 1.94. The van der Waals surface area contributed by atoms with Crippen molar-refractivity contribution < 1.29 is 4.79 Å². The molecular formula is C15H24N2O2. The van der Waals surface area contributed by atoms with Gasteiger partial charge in [-0.25, -0.2) is 0 Å². The minimum atomic E-state index is -0.255. The highest BCUT2D eigenvalue weighted by Crippen LogP contribution is 2.22. The normalized spacial score (nSPS) is 11.3. The lowest BCUT2D eigenvalue weighted by molar-refractivity contribution is 0.0929. The van der Waals surface area contributed by atoms with Crippen LogP contribution in [0.5, 0.6) is 0 Å². The molecule has 1 rings (SSSR count). The van der Waals surface area contributed by atoms with Crippen molar-refractivity contribution in [1.29, 1.82) is 0 Å². The Labute approximate surface area is 114 Å².